The SMILES string of the molecule is O=C(NC1CCNCC1)c1cccc([N+](=O)[O-])c1. The maximum Gasteiger partial charge on any atom is 0.270 e. The minimum atomic E-state index is -0.499. The van der Waals surface area contributed by atoms with Gasteiger partial charge in [0.25, 0.3) is 11.6 Å². The molecule has 1 aromatic carbocycles. The molecule has 1 heterocycles. The number of amides is 1. The number of rotatable bonds is 3. The molecule has 2 N–H and O–H groups in total. The van der Waals surface area contributed by atoms with Gasteiger partial charge in [-0.15, -0.1) is 0 Å². The summed E-state index contributed by atoms with van der Waals surface area (Å²) < 4.78 is 0. The molecule has 0 spiro atoms. The summed E-state index contributed by atoms with van der Waals surface area (Å²) in [6.45, 7) is 1.78. The average Bonchev–Trinajstić information content (AvgIpc) is 2.40. The molecule has 0 aromatic heterocycles. The smallest absolute Gasteiger partial charge is 0.270 e. The first-order valence-electron chi connectivity index (χ1n) is 5.93. The second-order valence-corrected chi connectivity index (χ2v) is 4.31. The highest BCUT2D eigenvalue weighted by molar-refractivity contribution is 5.95. The third-order valence-electron chi connectivity index (χ3n) is 2.99. The lowest BCUT2D eigenvalue weighted by Gasteiger charge is -2.23. The van der Waals surface area contributed by atoms with Gasteiger partial charge >= 0.3 is 0 Å². The van der Waals surface area contributed by atoms with E-state index in [-0.39, 0.29) is 17.6 Å². The molecule has 2 rings (SSSR count). The molecule has 0 aliphatic carbocycles. The van der Waals surface area contributed by atoms with Crippen LogP contribution in [-0.2, 0) is 0 Å². The lowest BCUT2D eigenvalue weighted by molar-refractivity contribution is -0.384. The first-order chi connectivity index (χ1) is 8.66. The maximum absolute atomic E-state index is 11.9. The highest BCUT2D eigenvalue weighted by atomic mass is 16.6. The van der Waals surface area contributed by atoms with Crippen molar-refractivity contribution in [1.29, 1.82) is 0 Å². The van der Waals surface area contributed by atoms with Gasteiger partial charge in [0.1, 0.15) is 0 Å². The summed E-state index contributed by atoms with van der Waals surface area (Å²) in [6.07, 6.45) is 1.78. The molecule has 0 saturated carbocycles. The number of hydrogen-bond acceptors (Lipinski definition) is 4. The number of nitrogens with one attached hydrogen (secondary N) is 2. The van der Waals surface area contributed by atoms with Crippen molar-refractivity contribution in [1.82, 2.24) is 10.6 Å². The van der Waals surface area contributed by atoms with Gasteiger partial charge < -0.3 is 10.6 Å². The van der Waals surface area contributed by atoms with Crippen molar-refractivity contribution in [3.8, 4) is 0 Å². The van der Waals surface area contributed by atoms with Crippen LogP contribution in [0.2, 0.25) is 0 Å². The third kappa shape index (κ3) is 3.04. The molecule has 18 heavy (non-hydrogen) atoms. The summed E-state index contributed by atoms with van der Waals surface area (Å²) in [5.41, 5.74) is 0.274. The van der Waals surface area contributed by atoms with Crippen LogP contribution in [0, 0.1) is 10.1 Å². The fourth-order valence-electron chi connectivity index (χ4n) is 2.00. The summed E-state index contributed by atoms with van der Waals surface area (Å²) in [6, 6.07) is 5.94. The van der Waals surface area contributed by atoms with Crippen LogP contribution in [0.25, 0.3) is 0 Å². The van der Waals surface area contributed by atoms with Crippen molar-refractivity contribution in [3.63, 3.8) is 0 Å². The molecule has 0 atom stereocenters. The maximum atomic E-state index is 11.9. The standard InChI is InChI=1S/C12H15N3O3/c16-12(14-10-4-6-13-7-5-10)9-2-1-3-11(8-9)15(17)18/h1-3,8,10,13H,4-7H2,(H,14,16). The number of piperidine rings is 1. The number of nitro groups is 1. The number of nitro benzene ring substituents is 1. The van der Waals surface area contributed by atoms with E-state index in [0.29, 0.717) is 5.56 Å². The molecule has 96 valence electrons. The molecule has 1 amide bonds. The topological polar surface area (TPSA) is 84.3 Å². The van der Waals surface area contributed by atoms with Crippen LogP contribution in [0.5, 0.6) is 0 Å². The molecule has 6 heteroatoms. The molecule has 1 aliphatic heterocycles. The number of carbonyl (C=O) groups is 1. The minimum Gasteiger partial charge on any atom is -0.349 e. The van der Waals surface area contributed by atoms with Gasteiger partial charge in [-0.1, -0.05) is 6.07 Å². The Morgan fingerprint density at radius 2 is 2.11 bits per heavy atom. The number of non-ortho nitro benzene ring substituents is 1. The fourth-order valence-corrected chi connectivity index (χ4v) is 2.00. The van der Waals surface area contributed by atoms with Crippen LogP contribution < -0.4 is 10.6 Å². The Bertz CT molecular complexity index is 456. The van der Waals surface area contributed by atoms with Crippen molar-refractivity contribution in [3.05, 3.63) is 39.9 Å². The van der Waals surface area contributed by atoms with E-state index in [9.17, 15) is 14.9 Å². The van der Waals surface area contributed by atoms with Crippen molar-refractivity contribution in [2.75, 3.05) is 13.1 Å². The van der Waals surface area contributed by atoms with Gasteiger partial charge in [-0.3, -0.25) is 14.9 Å². The second kappa shape index (κ2) is 5.59. The van der Waals surface area contributed by atoms with E-state index < -0.39 is 4.92 Å². The minimum absolute atomic E-state index is 0.0621. The largest absolute Gasteiger partial charge is 0.349 e. The molecule has 1 aliphatic rings. The summed E-state index contributed by atoms with van der Waals surface area (Å²) in [5.74, 6) is -0.245. The average molecular weight is 249 g/mol. The number of benzene rings is 1. The fraction of sp³-hybridized carbons (Fsp3) is 0.417. The zero-order chi connectivity index (χ0) is 13.0. The van der Waals surface area contributed by atoms with Gasteiger partial charge in [0, 0.05) is 23.7 Å². The van der Waals surface area contributed by atoms with E-state index in [1.165, 1.54) is 18.2 Å². The Kier molecular flexibility index (Phi) is 3.88. The highest BCUT2D eigenvalue weighted by Crippen LogP contribution is 2.13. The molecule has 1 aromatic rings. The van der Waals surface area contributed by atoms with Crippen molar-refractivity contribution in [2.24, 2.45) is 0 Å². The van der Waals surface area contributed by atoms with E-state index in [2.05, 4.69) is 10.6 Å². The predicted molar refractivity (Wildman–Crippen MR) is 66.5 cm³/mol. The van der Waals surface area contributed by atoms with E-state index >= 15 is 0 Å². The molecule has 0 radical (unpaired) electrons. The molecule has 1 fully saturated rings. The highest BCUT2D eigenvalue weighted by Gasteiger charge is 2.17. The van der Waals surface area contributed by atoms with Crippen LogP contribution in [0.1, 0.15) is 23.2 Å². The lowest BCUT2D eigenvalue weighted by Crippen LogP contribution is -2.42. The van der Waals surface area contributed by atoms with Crippen LogP contribution in [0.4, 0.5) is 5.69 Å². The molecule has 0 bridgehead atoms. The monoisotopic (exact) mass is 249 g/mol. The number of carbonyl (C=O) groups excluding carboxylic acids is 1. The quantitative estimate of drug-likeness (QED) is 0.620. The Hall–Kier alpha value is -1.95. The van der Waals surface area contributed by atoms with Gasteiger partial charge in [-0.25, -0.2) is 0 Å². The van der Waals surface area contributed by atoms with Gasteiger partial charge in [0.2, 0.25) is 0 Å². The van der Waals surface area contributed by atoms with Gasteiger partial charge in [-0.05, 0) is 32.0 Å². The Balaban J connectivity index is 2.03. The summed E-state index contributed by atoms with van der Waals surface area (Å²) in [4.78, 5) is 22.1. The van der Waals surface area contributed by atoms with Gasteiger partial charge in [0.15, 0.2) is 0 Å². The zero-order valence-corrected chi connectivity index (χ0v) is 9.89. The van der Waals surface area contributed by atoms with E-state index in [1.54, 1.807) is 6.07 Å². The molecule has 1 saturated heterocycles. The summed E-state index contributed by atoms with van der Waals surface area (Å²) in [7, 11) is 0. The molecular formula is C12H15N3O3. The number of nitrogens with zero attached hydrogens (tertiary/aromatic N) is 1. The van der Waals surface area contributed by atoms with E-state index in [4.69, 9.17) is 0 Å². The van der Waals surface area contributed by atoms with E-state index in [0.717, 1.165) is 25.9 Å². The Morgan fingerprint density at radius 3 is 2.78 bits per heavy atom. The van der Waals surface area contributed by atoms with Crippen LogP contribution in [0.3, 0.4) is 0 Å². The van der Waals surface area contributed by atoms with Gasteiger partial charge in [0.05, 0.1) is 4.92 Å². The van der Waals surface area contributed by atoms with Crippen molar-refractivity contribution in [2.45, 2.75) is 18.9 Å². The molecule has 6 nitrogen and oxygen atoms in total. The van der Waals surface area contributed by atoms with Crippen LogP contribution >= 0.6 is 0 Å². The Morgan fingerprint density at radius 1 is 1.39 bits per heavy atom. The predicted octanol–water partition coefficient (Wildman–Crippen LogP) is 1.08. The number of hydrogen-bond donors (Lipinski definition) is 2. The van der Waals surface area contributed by atoms with Crippen molar-refractivity contribution < 1.29 is 9.72 Å². The second-order valence-electron chi connectivity index (χ2n) is 4.31. The Labute approximate surface area is 105 Å². The van der Waals surface area contributed by atoms with E-state index in [1.807, 2.05) is 0 Å². The summed E-state index contributed by atoms with van der Waals surface area (Å²) >= 11 is 0. The summed E-state index contributed by atoms with van der Waals surface area (Å²) in [5, 5.41) is 16.7. The first kappa shape index (κ1) is 12.5. The third-order valence-corrected chi connectivity index (χ3v) is 2.99. The van der Waals surface area contributed by atoms with Gasteiger partial charge in [-0.2, -0.15) is 0 Å². The normalized spacial score (nSPS) is 16.2. The first-order valence-corrected chi connectivity index (χ1v) is 5.93. The lowest BCUT2D eigenvalue weighted by atomic mass is 10.1. The molecule has 0 unspecified atom stereocenters. The van der Waals surface area contributed by atoms with Crippen LogP contribution in [0.15, 0.2) is 24.3 Å². The van der Waals surface area contributed by atoms with Crippen LogP contribution in [-0.4, -0.2) is 30.0 Å². The zero-order valence-electron chi connectivity index (χ0n) is 9.89. The van der Waals surface area contributed by atoms with Crippen molar-refractivity contribution >= 4 is 11.6 Å². The molecular weight excluding hydrogens is 234 g/mol.